The van der Waals surface area contributed by atoms with Crippen LogP contribution >= 0.6 is 0 Å². The first kappa shape index (κ1) is 20.4. The van der Waals surface area contributed by atoms with Crippen molar-refractivity contribution in [3.8, 4) is 5.75 Å². The highest BCUT2D eigenvalue weighted by Crippen LogP contribution is 2.35. The van der Waals surface area contributed by atoms with Gasteiger partial charge in [0.25, 0.3) is 5.91 Å². The van der Waals surface area contributed by atoms with Gasteiger partial charge in [0.15, 0.2) is 0 Å². The van der Waals surface area contributed by atoms with Crippen molar-refractivity contribution in [1.82, 2.24) is 4.98 Å². The zero-order chi connectivity index (χ0) is 22.0. The fourth-order valence-electron chi connectivity index (χ4n) is 3.41. The Bertz CT molecular complexity index is 1130. The van der Waals surface area contributed by atoms with Gasteiger partial charge in [-0.15, -0.1) is 13.2 Å². The van der Waals surface area contributed by atoms with Gasteiger partial charge in [-0.1, -0.05) is 24.3 Å². The number of carbonyl (C=O) groups is 2. The number of rotatable bonds is 5. The molecule has 9 heteroatoms. The van der Waals surface area contributed by atoms with E-state index in [1.807, 2.05) is 0 Å². The molecule has 0 aliphatic carbocycles. The second-order valence-electron chi connectivity index (χ2n) is 6.86. The van der Waals surface area contributed by atoms with Crippen LogP contribution in [0, 0.1) is 0 Å². The number of halogens is 3. The predicted molar refractivity (Wildman–Crippen MR) is 107 cm³/mol. The minimum absolute atomic E-state index is 0.0895. The Kier molecular flexibility index (Phi) is 5.33. The zero-order valence-electron chi connectivity index (χ0n) is 16.0. The lowest BCUT2D eigenvalue weighted by molar-refractivity contribution is -0.274. The van der Waals surface area contributed by atoms with Crippen molar-refractivity contribution in [2.75, 3.05) is 10.2 Å². The number of pyridine rings is 1. The fourth-order valence-corrected chi connectivity index (χ4v) is 3.41. The summed E-state index contributed by atoms with van der Waals surface area (Å²) >= 11 is 0. The highest BCUT2D eigenvalue weighted by molar-refractivity contribution is 6.15. The molecule has 0 spiro atoms. The average molecular weight is 427 g/mol. The van der Waals surface area contributed by atoms with E-state index in [1.54, 1.807) is 42.7 Å². The van der Waals surface area contributed by atoms with Crippen molar-refractivity contribution in [3.63, 3.8) is 0 Å². The largest absolute Gasteiger partial charge is 0.573 e. The van der Waals surface area contributed by atoms with E-state index < -0.39 is 18.0 Å². The number of carbonyl (C=O) groups excluding carboxylic acids is 2. The van der Waals surface area contributed by atoms with Gasteiger partial charge in [0.2, 0.25) is 5.91 Å². The highest BCUT2D eigenvalue weighted by Gasteiger charge is 2.33. The van der Waals surface area contributed by atoms with Crippen LogP contribution < -0.4 is 15.0 Å². The third kappa shape index (κ3) is 4.66. The minimum Gasteiger partial charge on any atom is -0.406 e. The Balaban J connectivity index is 1.55. The molecule has 0 fully saturated rings. The summed E-state index contributed by atoms with van der Waals surface area (Å²) in [6, 6.07) is 13.8. The molecule has 0 bridgehead atoms. The third-order valence-corrected chi connectivity index (χ3v) is 4.66. The van der Waals surface area contributed by atoms with Gasteiger partial charge in [0.05, 0.1) is 24.2 Å². The number of amides is 2. The maximum absolute atomic E-state index is 13.1. The van der Waals surface area contributed by atoms with Gasteiger partial charge < -0.3 is 15.0 Å². The lowest BCUT2D eigenvalue weighted by Gasteiger charge is -2.17. The molecule has 6 nitrogen and oxygen atoms in total. The van der Waals surface area contributed by atoms with Crippen LogP contribution in [0.1, 0.15) is 21.5 Å². The summed E-state index contributed by atoms with van der Waals surface area (Å²) in [5, 5.41) is 2.75. The Morgan fingerprint density at radius 3 is 2.68 bits per heavy atom. The molecule has 1 aromatic heterocycles. The number of benzene rings is 2. The van der Waals surface area contributed by atoms with Crippen LogP contribution in [-0.4, -0.2) is 23.2 Å². The minimum atomic E-state index is -4.83. The quantitative estimate of drug-likeness (QED) is 0.658. The van der Waals surface area contributed by atoms with Crippen molar-refractivity contribution in [1.29, 1.82) is 0 Å². The van der Waals surface area contributed by atoms with Gasteiger partial charge in [-0.3, -0.25) is 14.6 Å². The van der Waals surface area contributed by atoms with Crippen LogP contribution in [0.15, 0.2) is 67.0 Å². The summed E-state index contributed by atoms with van der Waals surface area (Å²) in [7, 11) is 0. The van der Waals surface area contributed by atoms with Crippen LogP contribution in [-0.2, 0) is 17.8 Å². The number of hydrogen-bond acceptors (Lipinski definition) is 4. The van der Waals surface area contributed by atoms with Crippen molar-refractivity contribution in [3.05, 3.63) is 83.7 Å². The lowest BCUT2D eigenvalue weighted by Crippen LogP contribution is -2.24. The molecule has 3 aromatic rings. The molecule has 0 atom stereocenters. The Labute approximate surface area is 175 Å². The second kappa shape index (κ2) is 8.10. The van der Waals surface area contributed by atoms with E-state index in [2.05, 4.69) is 15.0 Å². The van der Waals surface area contributed by atoms with E-state index >= 15 is 0 Å². The van der Waals surface area contributed by atoms with E-state index in [-0.39, 0.29) is 24.6 Å². The molecule has 2 amide bonds. The second-order valence-corrected chi connectivity index (χ2v) is 6.86. The molecule has 4 rings (SSSR count). The maximum atomic E-state index is 13.1. The van der Waals surface area contributed by atoms with E-state index in [0.29, 0.717) is 16.8 Å². The summed E-state index contributed by atoms with van der Waals surface area (Å²) in [5.74, 6) is -1.15. The van der Waals surface area contributed by atoms with E-state index in [9.17, 15) is 22.8 Å². The molecule has 31 heavy (non-hydrogen) atoms. The first-order chi connectivity index (χ1) is 14.8. The topological polar surface area (TPSA) is 71.5 Å². The SMILES string of the molecule is O=C(Cc1cccnc1)Nc1cccc2c1C(=O)N(c1cccc(OC(F)(F)F)c1)C2. The molecule has 1 N–H and O–H groups in total. The lowest BCUT2D eigenvalue weighted by atomic mass is 10.1. The molecule has 0 saturated carbocycles. The number of aromatic nitrogens is 1. The van der Waals surface area contributed by atoms with Crippen molar-refractivity contribution in [2.24, 2.45) is 0 Å². The first-order valence-electron chi connectivity index (χ1n) is 9.28. The first-order valence-corrected chi connectivity index (χ1v) is 9.28. The van der Waals surface area contributed by atoms with Gasteiger partial charge in [0, 0.05) is 24.1 Å². The monoisotopic (exact) mass is 427 g/mol. The summed E-state index contributed by atoms with van der Waals surface area (Å²) in [6.45, 7) is 0.163. The number of alkyl halides is 3. The standard InChI is InChI=1S/C22H16F3N3O3/c23-22(24,25)31-17-7-2-6-16(11-17)28-13-15-5-1-8-18(20(15)21(28)30)27-19(29)10-14-4-3-9-26-12-14/h1-9,11-12H,10,13H2,(H,27,29). The smallest absolute Gasteiger partial charge is 0.406 e. The molecule has 2 aromatic carbocycles. The van der Waals surface area contributed by atoms with E-state index in [0.717, 1.165) is 17.7 Å². The van der Waals surface area contributed by atoms with Gasteiger partial charge in [-0.25, -0.2) is 0 Å². The van der Waals surface area contributed by atoms with Gasteiger partial charge in [0.1, 0.15) is 5.75 Å². The number of anilines is 2. The highest BCUT2D eigenvalue weighted by atomic mass is 19.4. The Morgan fingerprint density at radius 2 is 1.94 bits per heavy atom. The molecule has 0 saturated heterocycles. The average Bonchev–Trinajstić information content (AvgIpc) is 3.05. The van der Waals surface area contributed by atoms with Crippen LogP contribution in [0.25, 0.3) is 0 Å². The number of fused-ring (bicyclic) bond motifs is 1. The van der Waals surface area contributed by atoms with Crippen LogP contribution in [0.5, 0.6) is 5.75 Å². The van der Waals surface area contributed by atoms with Crippen LogP contribution in [0.3, 0.4) is 0 Å². The van der Waals surface area contributed by atoms with Gasteiger partial charge >= 0.3 is 6.36 Å². The maximum Gasteiger partial charge on any atom is 0.573 e. The van der Waals surface area contributed by atoms with Gasteiger partial charge in [-0.2, -0.15) is 0 Å². The molecule has 0 unspecified atom stereocenters. The zero-order valence-corrected chi connectivity index (χ0v) is 16.0. The molecular formula is C22H16F3N3O3. The predicted octanol–water partition coefficient (Wildman–Crippen LogP) is 4.32. The molecule has 1 aliphatic heterocycles. The van der Waals surface area contributed by atoms with Crippen molar-refractivity contribution < 1.29 is 27.5 Å². The van der Waals surface area contributed by atoms with Crippen molar-refractivity contribution in [2.45, 2.75) is 19.3 Å². The molecular weight excluding hydrogens is 411 g/mol. The number of hydrogen-bond donors (Lipinski definition) is 1. The molecule has 0 radical (unpaired) electrons. The van der Waals surface area contributed by atoms with Gasteiger partial charge in [-0.05, 0) is 35.4 Å². The number of nitrogens with zero attached hydrogens (tertiary/aromatic N) is 2. The summed E-state index contributed by atoms with van der Waals surface area (Å²) < 4.78 is 41.5. The Hall–Kier alpha value is -3.88. The van der Waals surface area contributed by atoms with E-state index in [4.69, 9.17) is 0 Å². The number of ether oxygens (including phenoxy) is 1. The summed E-state index contributed by atoms with van der Waals surface area (Å²) in [5.41, 5.74) is 2.30. The number of nitrogens with one attached hydrogen (secondary N) is 1. The summed E-state index contributed by atoms with van der Waals surface area (Å²) in [6.07, 6.45) is -1.56. The third-order valence-electron chi connectivity index (χ3n) is 4.66. The Morgan fingerprint density at radius 1 is 1.13 bits per heavy atom. The van der Waals surface area contributed by atoms with E-state index in [1.165, 1.54) is 17.0 Å². The molecule has 2 heterocycles. The molecule has 158 valence electrons. The van der Waals surface area contributed by atoms with Crippen LogP contribution in [0.4, 0.5) is 24.5 Å². The normalized spacial score (nSPS) is 13.1. The van der Waals surface area contributed by atoms with Crippen molar-refractivity contribution >= 4 is 23.2 Å². The van der Waals surface area contributed by atoms with Crippen LogP contribution in [0.2, 0.25) is 0 Å². The fraction of sp³-hybridized carbons (Fsp3) is 0.136. The molecule has 1 aliphatic rings. The summed E-state index contributed by atoms with van der Waals surface area (Å²) in [4.78, 5) is 30.8.